The van der Waals surface area contributed by atoms with Crippen molar-refractivity contribution in [3.63, 3.8) is 0 Å². The second-order valence-corrected chi connectivity index (χ2v) is 8.53. The molecule has 8 heteroatoms. The van der Waals surface area contributed by atoms with Crippen LogP contribution in [-0.2, 0) is 30.7 Å². The molecule has 2 aromatic rings. The predicted molar refractivity (Wildman–Crippen MR) is 113 cm³/mol. The van der Waals surface area contributed by atoms with Gasteiger partial charge in [0.15, 0.2) is 0 Å². The van der Waals surface area contributed by atoms with Crippen LogP contribution < -0.4 is 11.0 Å². The summed E-state index contributed by atoms with van der Waals surface area (Å²) in [6, 6.07) is 7.38. The fourth-order valence-electron chi connectivity index (χ4n) is 3.22. The van der Waals surface area contributed by atoms with Crippen molar-refractivity contribution in [1.82, 2.24) is 19.8 Å². The minimum Gasteiger partial charge on any atom is -0.351 e. The van der Waals surface area contributed by atoms with Crippen molar-refractivity contribution in [3.05, 3.63) is 56.6 Å². The number of fused-ring (bicyclic) bond motifs is 1. The maximum atomic E-state index is 12.5. The maximum Gasteiger partial charge on any atom is 0.348 e. The van der Waals surface area contributed by atoms with Crippen LogP contribution in [0.25, 0.3) is 0 Å². The molecule has 6 nitrogen and oxygen atoms in total. The topological polar surface area (TPSA) is 67.2 Å². The normalized spacial score (nSPS) is 13.0. The lowest BCUT2D eigenvalue weighted by Crippen LogP contribution is -2.31. The first-order valence-corrected chi connectivity index (χ1v) is 10.7. The van der Waals surface area contributed by atoms with Gasteiger partial charge in [0.05, 0.1) is 5.75 Å². The molecule has 0 saturated heterocycles. The molecule has 1 amide bonds. The van der Waals surface area contributed by atoms with Crippen LogP contribution in [0, 0.1) is 0 Å². The number of carbonyl (C=O) groups excluding carboxylic acids is 1. The average Bonchev–Trinajstić information content (AvgIpc) is 3.14. The molecular weight excluding hydrogens is 396 g/mol. The minimum absolute atomic E-state index is 0.0784. The zero-order chi connectivity index (χ0) is 20.1. The summed E-state index contributed by atoms with van der Waals surface area (Å²) >= 11 is 7.22. The first kappa shape index (κ1) is 20.9. The van der Waals surface area contributed by atoms with Crippen molar-refractivity contribution < 1.29 is 4.79 Å². The summed E-state index contributed by atoms with van der Waals surface area (Å²) in [6.45, 7) is 1.90. The third-order valence-electron chi connectivity index (χ3n) is 4.71. The highest BCUT2D eigenvalue weighted by atomic mass is 35.5. The molecule has 3 rings (SSSR count). The van der Waals surface area contributed by atoms with Crippen LogP contribution in [0.5, 0.6) is 0 Å². The number of halogens is 1. The highest BCUT2D eigenvalue weighted by Crippen LogP contribution is 2.29. The van der Waals surface area contributed by atoms with E-state index in [-0.39, 0.29) is 17.3 Å². The van der Waals surface area contributed by atoms with Gasteiger partial charge >= 0.3 is 5.69 Å². The van der Waals surface area contributed by atoms with E-state index in [0.717, 1.165) is 42.6 Å². The average molecular weight is 421 g/mol. The fraction of sp³-hybridized carbons (Fsp3) is 0.450. The summed E-state index contributed by atoms with van der Waals surface area (Å²) in [7, 11) is 3.98. The summed E-state index contributed by atoms with van der Waals surface area (Å²) < 4.78 is 1.80. The molecule has 0 atom stereocenters. The number of amides is 1. The molecule has 1 aromatic carbocycles. The lowest BCUT2D eigenvalue weighted by molar-refractivity contribution is -0.118. The summed E-state index contributed by atoms with van der Waals surface area (Å²) in [4.78, 5) is 31.1. The number of hydrogen-bond donors (Lipinski definition) is 1. The molecule has 1 heterocycles. The van der Waals surface area contributed by atoms with Crippen LogP contribution in [0.1, 0.15) is 23.2 Å². The molecule has 0 spiro atoms. The Balaban J connectivity index is 1.62. The molecule has 0 saturated carbocycles. The Morgan fingerprint density at radius 2 is 2.04 bits per heavy atom. The van der Waals surface area contributed by atoms with E-state index < -0.39 is 0 Å². The van der Waals surface area contributed by atoms with Crippen molar-refractivity contribution in [3.8, 4) is 0 Å². The highest BCUT2D eigenvalue weighted by Gasteiger charge is 2.22. The van der Waals surface area contributed by atoms with Gasteiger partial charge < -0.3 is 10.2 Å². The molecular formula is C20H25ClN4O2S. The zero-order valence-corrected chi connectivity index (χ0v) is 17.8. The van der Waals surface area contributed by atoms with Crippen LogP contribution >= 0.6 is 23.4 Å². The smallest absolute Gasteiger partial charge is 0.348 e. The summed E-state index contributed by atoms with van der Waals surface area (Å²) in [5.74, 6) is 0.166. The molecule has 1 aliphatic rings. The van der Waals surface area contributed by atoms with Gasteiger partial charge in [-0.15, -0.1) is 0 Å². The van der Waals surface area contributed by atoms with Crippen molar-refractivity contribution in [2.45, 2.75) is 37.4 Å². The lowest BCUT2D eigenvalue weighted by Gasteiger charge is -2.16. The van der Waals surface area contributed by atoms with Gasteiger partial charge in [0.1, 0.15) is 5.03 Å². The van der Waals surface area contributed by atoms with E-state index in [0.29, 0.717) is 23.1 Å². The van der Waals surface area contributed by atoms with Gasteiger partial charge in [-0.1, -0.05) is 35.5 Å². The van der Waals surface area contributed by atoms with E-state index in [1.54, 1.807) is 16.7 Å². The SMILES string of the molecule is CN(C)CCn1c2c(c(SCC(=O)NCc3ccc(Cl)cc3)nc1=O)CCC2. The molecule has 1 aliphatic carbocycles. The molecule has 1 aromatic heterocycles. The van der Waals surface area contributed by atoms with E-state index in [4.69, 9.17) is 11.6 Å². The number of hydrogen-bond acceptors (Lipinski definition) is 5. The molecule has 1 N–H and O–H groups in total. The zero-order valence-electron chi connectivity index (χ0n) is 16.2. The Bertz CT molecular complexity index is 896. The molecule has 0 unspecified atom stereocenters. The molecule has 0 fully saturated rings. The molecule has 150 valence electrons. The number of benzene rings is 1. The van der Waals surface area contributed by atoms with Crippen LogP contribution in [0.2, 0.25) is 5.02 Å². The lowest BCUT2D eigenvalue weighted by atomic mass is 10.2. The second-order valence-electron chi connectivity index (χ2n) is 7.13. The quantitative estimate of drug-likeness (QED) is 0.524. The Morgan fingerprint density at radius 3 is 2.75 bits per heavy atom. The van der Waals surface area contributed by atoms with Crippen molar-refractivity contribution in [2.75, 3.05) is 26.4 Å². The molecule has 28 heavy (non-hydrogen) atoms. The highest BCUT2D eigenvalue weighted by molar-refractivity contribution is 7.99. The second kappa shape index (κ2) is 9.58. The maximum absolute atomic E-state index is 12.5. The first-order chi connectivity index (χ1) is 13.4. The Kier molecular flexibility index (Phi) is 7.15. The van der Waals surface area contributed by atoms with Crippen molar-refractivity contribution >= 4 is 29.3 Å². The Labute approximate surface area is 174 Å². The minimum atomic E-state index is -0.216. The summed E-state index contributed by atoms with van der Waals surface area (Å²) in [6.07, 6.45) is 2.84. The largest absolute Gasteiger partial charge is 0.351 e. The monoisotopic (exact) mass is 420 g/mol. The number of likely N-dealkylation sites (N-methyl/N-ethyl adjacent to an activating group) is 1. The van der Waals surface area contributed by atoms with Gasteiger partial charge in [-0.25, -0.2) is 4.79 Å². The van der Waals surface area contributed by atoms with Gasteiger partial charge in [0, 0.05) is 35.9 Å². The van der Waals surface area contributed by atoms with E-state index in [1.807, 2.05) is 26.2 Å². The third-order valence-corrected chi connectivity index (χ3v) is 5.98. The van der Waals surface area contributed by atoms with E-state index in [2.05, 4.69) is 15.2 Å². The van der Waals surface area contributed by atoms with Gasteiger partial charge in [-0.05, 0) is 51.1 Å². The number of thioether (sulfide) groups is 1. The number of aromatic nitrogens is 2. The van der Waals surface area contributed by atoms with Gasteiger partial charge in [-0.3, -0.25) is 9.36 Å². The third kappa shape index (κ3) is 5.37. The number of nitrogens with one attached hydrogen (secondary N) is 1. The van der Waals surface area contributed by atoms with Crippen LogP contribution in [0.4, 0.5) is 0 Å². The fourth-order valence-corrected chi connectivity index (χ4v) is 4.26. The summed E-state index contributed by atoms with van der Waals surface area (Å²) in [5.41, 5.74) is 3.00. The Morgan fingerprint density at radius 1 is 1.29 bits per heavy atom. The van der Waals surface area contributed by atoms with Gasteiger partial charge in [0.2, 0.25) is 5.91 Å². The summed E-state index contributed by atoms with van der Waals surface area (Å²) in [5, 5.41) is 4.28. The van der Waals surface area contributed by atoms with Crippen molar-refractivity contribution in [2.24, 2.45) is 0 Å². The first-order valence-electron chi connectivity index (χ1n) is 9.35. The van der Waals surface area contributed by atoms with Crippen molar-refractivity contribution in [1.29, 1.82) is 0 Å². The van der Waals surface area contributed by atoms with Crippen LogP contribution in [0.3, 0.4) is 0 Å². The number of carbonyl (C=O) groups is 1. The standard InChI is InChI=1S/C20H25ClN4O2S/c1-24(2)10-11-25-17-5-3-4-16(17)19(23-20(25)27)28-13-18(26)22-12-14-6-8-15(21)9-7-14/h6-9H,3-5,10-13H2,1-2H3,(H,22,26). The predicted octanol–water partition coefficient (Wildman–Crippen LogP) is 2.36. The van der Waals surface area contributed by atoms with Gasteiger partial charge in [0.25, 0.3) is 0 Å². The van der Waals surface area contributed by atoms with Gasteiger partial charge in [-0.2, -0.15) is 4.98 Å². The Hall–Kier alpha value is -1.83. The number of nitrogens with zero attached hydrogens (tertiary/aromatic N) is 3. The van der Waals surface area contributed by atoms with Crippen LogP contribution in [0.15, 0.2) is 34.1 Å². The van der Waals surface area contributed by atoms with E-state index in [1.165, 1.54) is 11.8 Å². The van der Waals surface area contributed by atoms with E-state index >= 15 is 0 Å². The van der Waals surface area contributed by atoms with Crippen LogP contribution in [-0.4, -0.2) is 46.8 Å². The molecule has 0 aliphatic heterocycles. The number of rotatable bonds is 8. The molecule has 0 bridgehead atoms. The van der Waals surface area contributed by atoms with E-state index in [9.17, 15) is 9.59 Å². The molecule has 0 radical (unpaired) electrons.